The van der Waals surface area contributed by atoms with Crippen LogP contribution in [0.25, 0.3) is 11.4 Å². The maximum atomic E-state index is 5.18. The number of nitrogens with one attached hydrogen (secondary N) is 1. The number of anilines is 1. The Bertz CT molecular complexity index is 555. The Morgan fingerprint density at radius 2 is 2.05 bits per heavy atom. The van der Waals surface area contributed by atoms with Crippen LogP contribution >= 0.6 is 0 Å². The minimum Gasteiger partial charge on any atom is -0.361 e. The van der Waals surface area contributed by atoms with E-state index in [9.17, 15) is 0 Å². The van der Waals surface area contributed by atoms with E-state index in [1.807, 2.05) is 19.9 Å². The van der Waals surface area contributed by atoms with Crippen molar-refractivity contribution in [3.05, 3.63) is 23.7 Å². The topological polar surface area (TPSA) is 67.1 Å². The number of rotatable bonds is 2. The predicted molar refractivity (Wildman–Crippen MR) is 72.1 cm³/mol. The van der Waals surface area contributed by atoms with Crippen molar-refractivity contribution in [2.24, 2.45) is 0 Å². The van der Waals surface area contributed by atoms with Crippen LogP contribution in [-0.4, -0.2) is 41.3 Å². The molecule has 0 bridgehead atoms. The van der Waals surface area contributed by atoms with Gasteiger partial charge in [0.2, 0.25) is 0 Å². The van der Waals surface area contributed by atoms with Gasteiger partial charge in [-0.25, -0.2) is 9.97 Å². The van der Waals surface area contributed by atoms with Crippen molar-refractivity contribution < 1.29 is 4.52 Å². The molecule has 0 aliphatic carbocycles. The molecular weight excluding hydrogens is 242 g/mol. The number of nitrogens with zero attached hydrogens (tertiary/aromatic N) is 4. The predicted octanol–water partition coefficient (Wildman–Crippen LogP) is 1.16. The molecule has 19 heavy (non-hydrogen) atoms. The molecule has 3 heterocycles. The SMILES string of the molecule is Cc1noc(C)c1-c1nccc(N2CCNCC2)n1. The Labute approximate surface area is 111 Å². The smallest absolute Gasteiger partial charge is 0.166 e. The lowest BCUT2D eigenvalue weighted by molar-refractivity contribution is 0.393. The molecule has 3 rings (SSSR count). The molecule has 2 aromatic rings. The van der Waals surface area contributed by atoms with E-state index in [-0.39, 0.29) is 0 Å². The monoisotopic (exact) mass is 259 g/mol. The second-order valence-corrected chi connectivity index (χ2v) is 4.67. The van der Waals surface area contributed by atoms with E-state index in [2.05, 4.69) is 25.3 Å². The van der Waals surface area contributed by atoms with Crippen molar-refractivity contribution in [2.45, 2.75) is 13.8 Å². The fourth-order valence-electron chi connectivity index (χ4n) is 2.34. The average Bonchev–Trinajstić information content (AvgIpc) is 2.79. The van der Waals surface area contributed by atoms with Gasteiger partial charge in [0.05, 0.1) is 11.3 Å². The summed E-state index contributed by atoms with van der Waals surface area (Å²) in [5, 5.41) is 7.29. The van der Waals surface area contributed by atoms with E-state index < -0.39 is 0 Å². The molecule has 0 unspecified atom stereocenters. The number of hydrogen-bond donors (Lipinski definition) is 1. The summed E-state index contributed by atoms with van der Waals surface area (Å²) < 4.78 is 5.18. The van der Waals surface area contributed by atoms with Gasteiger partial charge in [-0.15, -0.1) is 0 Å². The molecule has 0 amide bonds. The van der Waals surface area contributed by atoms with E-state index in [0.29, 0.717) is 5.82 Å². The lowest BCUT2D eigenvalue weighted by Gasteiger charge is -2.28. The lowest BCUT2D eigenvalue weighted by Crippen LogP contribution is -2.43. The number of hydrogen-bond acceptors (Lipinski definition) is 6. The molecule has 6 nitrogen and oxygen atoms in total. The highest BCUT2D eigenvalue weighted by atomic mass is 16.5. The summed E-state index contributed by atoms with van der Waals surface area (Å²) >= 11 is 0. The van der Waals surface area contributed by atoms with E-state index in [0.717, 1.165) is 49.0 Å². The van der Waals surface area contributed by atoms with Gasteiger partial charge in [-0.2, -0.15) is 0 Å². The molecule has 1 fully saturated rings. The van der Waals surface area contributed by atoms with Crippen molar-refractivity contribution in [1.82, 2.24) is 20.4 Å². The van der Waals surface area contributed by atoms with Gasteiger partial charge in [0, 0.05) is 32.4 Å². The van der Waals surface area contributed by atoms with Crippen LogP contribution in [-0.2, 0) is 0 Å². The van der Waals surface area contributed by atoms with E-state index in [4.69, 9.17) is 4.52 Å². The van der Waals surface area contributed by atoms with Crippen LogP contribution in [0.4, 0.5) is 5.82 Å². The number of aryl methyl sites for hydroxylation is 2. The standard InChI is InChI=1S/C13H17N5O/c1-9-12(10(2)19-17-9)13-15-4-3-11(16-13)18-7-5-14-6-8-18/h3-4,14H,5-8H2,1-2H3. The number of piperazine rings is 1. The molecule has 0 atom stereocenters. The van der Waals surface area contributed by atoms with Crippen molar-refractivity contribution in [1.29, 1.82) is 0 Å². The van der Waals surface area contributed by atoms with Crippen LogP contribution < -0.4 is 10.2 Å². The Morgan fingerprint density at radius 1 is 1.26 bits per heavy atom. The van der Waals surface area contributed by atoms with E-state index in [1.165, 1.54) is 0 Å². The van der Waals surface area contributed by atoms with Gasteiger partial charge in [-0.05, 0) is 19.9 Å². The molecule has 0 aromatic carbocycles. The zero-order valence-corrected chi connectivity index (χ0v) is 11.2. The van der Waals surface area contributed by atoms with Crippen LogP contribution in [0.2, 0.25) is 0 Å². The summed E-state index contributed by atoms with van der Waals surface area (Å²) in [6.45, 7) is 7.72. The maximum absolute atomic E-state index is 5.18. The lowest BCUT2D eigenvalue weighted by atomic mass is 10.2. The molecule has 1 N–H and O–H groups in total. The van der Waals surface area contributed by atoms with Crippen molar-refractivity contribution in [3.8, 4) is 11.4 Å². The third-order valence-corrected chi connectivity index (χ3v) is 3.34. The first-order chi connectivity index (χ1) is 9.25. The largest absolute Gasteiger partial charge is 0.361 e. The van der Waals surface area contributed by atoms with Crippen LogP contribution in [0.5, 0.6) is 0 Å². The molecular formula is C13H17N5O. The third-order valence-electron chi connectivity index (χ3n) is 3.34. The van der Waals surface area contributed by atoms with Gasteiger partial charge in [0.25, 0.3) is 0 Å². The van der Waals surface area contributed by atoms with Crippen molar-refractivity contribution in [2.75, 3.05) is 31.1 Å². The van der Waals surface area contributed by atoms with Crippen molar-refractivity contribution >= 4 is 5.82 Å². The highest BCUT2D eigenvalue weighted by molar-refractivity contribution is 5.61. The first kappa shape index (κ1) is 12.1. The van der Waals surface area contributed by atoms with Crippen LogP contribution in [0.3, 0.4) is 0 Å². The van der Waals surface area contributed by atoms with Gasteiger partial charge in [0.1, 0.15) is 11.6 Å². The summed E-state index contributed by atoms with van der Waals surface area (Å²) in [5.41, 5.74) is 1.73. The zero-order valence-electron chi connectivity index (χ0n) is 11.2. The third kappa shape index (κ3) is 2.31. The molecule has 0 spiro atoms. The fourth-order valence-corrected chi connectivity index (χ4v) is 2.34. The Hall–Kier alpha value is -1.95. The van der Waals surface area contributed by atoms with Gasteiger partial charge in [-0.1, -0.05) is 5.16 Å². The van der Waals surface area contributed by atoms with Crippen LogP contribution in [0.1, 0.15) is 11.5 Å². The Morgan fingerprint density at radius 3 is 2.74 bits per heavy atom. The summed E-state index contributed by atoms with van der Waals surface area (Å²) in [6.07, 6.45) is 1.80. The Kier molecular flexibility index (Phi) is 3.16. The number of aromatic nitrogens is 3. The summed E-state index contributed by atoms with van der Waals surface area (Å²) in [5.74, 6) is 2.41. The van der Waals surface area contributed by atoms with E-state index in [1.54, 1.807) is 6.20 Å². The summed E-state index contributed by atoms with van der Waals surface area (Å²) in [4.78, 5) is 11.3. The minimum atomic E-state index is 0.687. The van der Waals surface area contributed by atoms with E-state index >= 15 is 0 Å². The molecule has 1 aliphatic heterocycles. The first-order valence-electron chi connectivity index (χ1n) is 6.47. The molecule has 1 saturated heterocycles. The molecule has 0 radical (unpaired) electrons. The van der Waals surface area contributed by atoms with Crippen LogP contribution in [0.15, 0.2) is 16.8 Å². The molecule has 2 aromatic heterocycles. The summed E-state index contributed by atoms with van der Waals surface area (Å²) in [6, 6.07) is 1.95. The van der Waals surface area contributed by atoms with Gasteiger partial charge >= 0.3 is 0 Å². The zero-order chi connectivity index (χ0) is 13.2. The first-order valence-corrected chi connectivity index (χ1v) is 6.47. The minimum absolute atomic E-state index is 0.687. The summed E-state index contributed by atoms with van der Waals surface area (Å²) in [7, 11) is 0. The molecule has 6 heteroatoms. The quantitative estimate of drug-likeness (QED) is 0.873. The fraction of sp³-hybridized carbons (Fsp3) is 0.462. The normalized spacial score (nSPS) is 15.8. The highest BCUT2D eigenvalue weighted by Crippen LogP contribution is 2.24. The highest BCUT2D eigenvalue weighted by Gasteiger charge is 2.17. The second kappa shape index (κ2) is 4.97. The molecule has 0 saturated carbocycles. The van der Waals surface area contributed by atoms with Crippen LogP contribution in [0, 0.1) is 13.8 Å². The van der Waals surface area contributed by atoms with Gasteiger partial charge in [-0.3, -0.25) is 0 Å². The molecule has 1 aliphatic rings. The van der Waals surface area contributed by atoms with Gasteiger partial charge < -0.3 is 14.7 Å². The average molecular weight is 259 g/mol. The maximum Gasteiger partial charge on any atom is 0.166 e. The molecule has 100 valence electrons. The van der Waals surface area contributed by atoms with Gasteiger partial charge in [0.15, 0.2) is 5.82 Å². The van der Waals surface area contributed by atoms with Crippen molar-refractivity contribution in [3.63, 3.8) is 0 Å². The Balaban J connectivity index is 1.95. The second-order valence-electron chi connectivity index (χ2n) is 4.67.